The van der Waals surface area contributed by atoms with Crippen LogP contribution >= 0.6 is 72.2 Å². The first-order chi connectivity index (χ1) is 25.9. The summed E-state index contributed by atoms with van der Waals surface area (Å²) in [5.41, 5.74) is 12.0. The van der Waals surface area contributed by atoms with E-state index in [1.807, 2.05) is 0 Å². The quantitative estimate of drug-likeness (QED) is 0.0363. The number of hydrogen-bond acceptors (Lipinski definition) is 26. The Hall–Kier alpha value is -0.880. The number of rotatable bonds is 14. The second kappa shape index (κ2) is 16.5. The number of aromatic nitrogens is 8. The minimum Gasteiger partial charge on any atom is -0.779 e. The van der Waals surface area contributed by atoms with Crippen LogP contribution in [0.3, 0.4) is 0 Å². The molecule has 0 aliphatic carbocycles. The summed E-state index contributed by atoms with van der Waals surface area (Å²) in [6, 6.07) is 0. The first kappa shape index (κ1) is 44.7. The fourth-order valence-corrected chi connectivity index (χ4v) is 14.7. The van der Waals surface area contributed by atoms with Crippen molar-refractivity contribution in [3.63, 3.8) is 0 Å². The molecule has 26 nitrogen and oxygen atoms in total. The molecule has 35 heteroatoms. The van der Waals surface area contributed by atoms with Gasteiger partial charge in [0.1, 0.15) is 54.4 Å². The van der Waals surface area contributed by atoms with Crippen molar-refractivity contribution in [3.8, 4) is 0 Å². The lowest BCUT2D eigenvalue weighted by atomic mass is 10.1. The Morgan fingerprint density at radius 1 is 0.804 bits per heavy atom. The van der Waals surface area contributed by atoms with E-state index in [0.29, 0.717) is 0 Å². The van der Waals surface area contributed by atoms with Crippen LogP contribution in [0.5, 0.6) is 0 Å². The summed E-state index contributed by atoms with van der Waals surface area (Å²) in [6.07, 6.45) is -10.4. The number of imidazole rings is 2. The summed E-state index contributed by atoms with van der Waals surface area (Å²) in [5.74, 6) is -0.0572. The van der Waals surface area contributed by atoms with E-state index in [9.17, 15) is 48.8 Å². The van der Waals surface area contributed by atoms with Crippen molar-refractivity contribution in [1.82, 2.24) is 39.0 Å². The summed E-state index contributed by atoms with van der Waals surface area (Å²) in [7, 11) is -12.3. The molecular weight excluding hydrogens is 1030 g/mol. The van der Waals surface area contributed by atoms with Crippen molar-refractivity contribution in [3.05, 3.63) is 22.1 Å². The van der Waals surface area contributed by atoms with E-state index in [1.54, 1.807) is 0 Å². The van der Waals surface area contributed by atoms with Crippen molar-refractivity contribution < 1.29 is 75.9 Å². The lowest BCUT2D eigenvalue weighted by molar-refractivity contribution is -0.221. The standard InChI is InChI=1S/C21H27Br2ClN10O16P4S2/c22-19-29-13(25)7-15(31-19)33(3-27-7)17-11(37)9(35)5(47-17)1-45-53(43,55)49-51(39,40)21(24)52(41,42)50-54(44,56)46-2-6-10(36)12(38)18(48-6)34-4-28-8-14(26)30-20(23)32-16(8)34/h3-6,9-12,17-18,21,35-38H,1-2H2,(H,39,40)(H,41,42)(H,43,55)(H,44,56)(H2,25,29,31)(H2,26,30,32)/p-4/t5-,6-,9-,10-,11-,12-,17-,18-,21?,53?,54?/m1/s1. The third-order valence-electron chi connectivity index (χ3n) is 7.81. The highest BCUT2D eigenvalue weighted by Gasteiger charge is 2.47. The lowest BCUT2D eigenvalue weighted by Crippen LogP contribution is -2.34. The largest absolute Gasteiger partial charge is 0.779 e. The van der Waals surface area contributed by atoms with E-state index in [2.05, 4.69) is 94.4 Å². The van der Waals surface area contributed by atoms with Crippen molar-refractivity contribution >= 4 is 130 Å². The van der Waals surface area contributed by atoms with Gasteiger partial charge >= 0.3 is 0 Å². The van der Waals surface area contributed by atoms with Crippen molar-refractivity contribution in [1.29, 1.82) is 0 Å². The summed E-state index contributed by atoms with van der Waals surface area (Å²) in [6.45, 7) is -12.5. The first-order valence-corrected chi connectivity index (χ1v) is 25.2. The molecule has 0 saturated carbocycles. The first-order valence-electron chi connectivity index (χ1n) is 14.8. The number of nitrogens with two attached hydrogens (primary N) is 2. The van der Waals surface area contributed by atoms with Crippen LogP contribution in [0.4, 0.5) is 11.6 Å². The fraction of sp³-hybridized carbons (Fsp3) is 0.524. The Labute approximate surface area is 344 Å². The maximum atomic E-state index is 12.9. The van der Waals surface area contributed by atoms with E-state index in [0.717, 1.165) is 0 Å². The maximum Gasteiger partial charge on any atom is 0.204 e. The van der Waals surface area contributed by atoms with Crippen LogP contribution in [0.1, 0.15) is 12.5 Å². The SMILES string of the molecule is Nc1nc(Br)nc2c1ncn2[C@@H]1O[C@H](COP(=O)([S-])OP(=O)([O-])C(Cl)P(=O)([O-])OP([O-])(=S)OC[C@H]2O[C@@H](n3cnc4c(N)nc(Br)nc43)[C@H](O)[C@@H]2O)[C@@H](O)[C@H]1O. The Bertz CT molecular complexity index is 2200. The van der Waals surface area contributed by atoms with Gasteiger partial charge in [-0.1, -0.05) is 11.8 Å². The van der Waals surface area contributed by atoms with Gasteiger partial charge in [0.25, 0.3) is 0 Å². The number of aliphatic hydroxyl groups excluding tert-OH is 4. The van der Waals surface area contributed by atoms with Gasteiger partial charge in [0.05, 0.1) is 25.9 Å². The fourth-order valence-electron chi connectivity index (χ4n) is 5.29. The molecule has 0 amide bonds. The average Bonchev–Trinajstić information content (AvgIpc) is 3.83. The summed E-state index contributed by atoms with van der Waals surface area (Å²) < 4.78 is 70.3. The number of ether oxygens (including phenoxy) is 2. The van der Waals surface area contributed by atoms with Gasteiger partial charge < -0.3 is 86.5 Å². The van der Waals surface area contributed by atoms with E-state index in [1.165, 1.54) is 21.8 Å². The highest BCUT2D eigenvalue weighted by Crippen LogP contribution is 2.72. The van der Waals surface area contributed by atoms with E-state index in [-0.39, 0.29) is 43.4 Å². The number of halogens is 3. The van der Waals surface area contributed by atoms with E-state index >= 15 is 0 Å². The van der Waals surface area contributed by atoms with Gasteiger partial charge in [-0.05, 0) is 31.9 Å². The highest BCUT2D eigenvalue weighted by molar-refractivity contribution is 9.10. The molecule has 6 heterocycles. The third-order valence-corrected chi connectivity index (χ3v) is 18.9. The molecule has 0 radical (unpaired) electrons. The predicted molar refractivity (Wildman–Crippen MR) is 195 cm³/mol. The zero-order valence-electron chi connectivity index (χ0n) is 26.9. The minimum absolute atomic E-state index is 0.0286. The van der Waals surface area contributed by atoms with Crippen molar-refractivity contribution in [2.45, 2.75) is 53.9 Å². The molecule has 8 N–H and O–H groups in total. The number of nitrogens with zero attached hydrogens (tertiary/aromatic N) is 8. The van der Waals surface area contributed by atoms with Gasteiger partial charge in [0.2, 0.25) is 16.3 Å². The molecule has 0 bridgehead atoms. The minimum atomic E-state index is -6.14. The molecule has 5 unspecified atom stereocenters. The summed E-state index contributed by atoms with van der Waals surface area (Å²) in [5, 5.41) is 42.3. The monoisotopic (exact) mass is 1050 g/mol. The second-order valence-electron chi connectivity index (χ2n) is 11.5. The molecule has 2 aliphatic rings. The average molecular weight is 1050 g/mol. The van der Waals surface area contributed by atoms with Gasteiger partial charge in [0.15, 0.2) is 55.4 Å². The second-order valence-corrected chi connectivity index (χ2v) is 23.9. The predicted octanol–water partition coefficient (Wildman–Crippen LogP) is -1.47. The van der Waals surface area contributed by atoms with Crippen LogP contribution in [0.2, 0.25) is 0 Å². The number of nitrogen functional groups attached to an aromatic ring is 2. The van der Waals surface area contributed by atoms with Gasteiger partial charge in [-0.25, -0.2) is 29.9 Å². The third kappa shape index (κ3) is 9.22. The molecule has 6 rings (SSSR count). The molecule has 2 fully saturated rings. The maximum absolute atomic E-state index is 12.9. The topological polar surface area (TPSA) is 396 Å². The number of hydrogen-bond donors (Lipinski definition) is 6. The van der Waals surface area contributed by atoms with Gasteiger partial charge in [0, 0.05) is 0 Å². The Kier molecular flexibility index (Phi) is 13.2. The highest BCUT2D eigenvalue weighted by atomic mass is 79.9. The van der Waals surface area contributed by atoms with Gasteiger partial charge in [-0.2, -0.15) is 0 Å². The number of fused-ring (bicyclic) bond motifs is 2. The van der Waals surface area contributed by atoms with Crippen LogP contribution in [-0.2, 0) is 64.9 Å². The molecular formula is C21H23Br2ClN10O16P4S2-4. The van der Waals surface area contributed by atoms with Gasteiger partial charge in [-0.15, -0.1) is 11.6 Å². The molecule has 310 valence electrons. The van der Waals surface area contributed by atoms with Crippen molar-refractivity contribution in [2.24, 2.45) is 0 Å². The molecule has 13 atom stereocenters. The Balaban J connectivity index is 1.04. The summed E-state index contributed by atoms with van der Waals surface area (Å²) in [4.78, 5) is 59.2. The number of anilines is 2. The van der Waals surface area contributed by atoms with E-state index in [4.69, 9.17) is 41.6 Å². The Morgan fingerprint density at radius 2 is 1.21 bits per heavy atom. The molecule has 0 aromatic carbocycles. The van der Waals surface area contributed by atoms with Crippen LogP contribution in [-0.4, -0.2) is 114 Å². The van der Waals surface area contributed by atoms with Crippen LogP contribution in [0, 0.1) is 0 Å². The van der Waals surface area contributed by atoms with Crippen LogP contribution < -0.4 is 26.1 Å². The summed E-state index contributed by atoms with van der Waals surface area (Å²) >= 11 is 20.9. The number of alkyl halides is 1. The Morgan fingerprint density at radius 3 is 1.66 bits per heavy atom. The molecule has 4 aromatic rings. The molecule has 4 aromatic heterocycles. The van der Waals surface area contributed by atoms with Crippen molar-refractivity contribution in [2.75, 3.05) is 24.7 Å². The lowest BCUT2D eigenvalue weighted by Gasteiger charge is -2.42. The van der Waals surface area contributed by atoms with Gasteiger partial charge in [-0.3, -0.25) is 22.3 Å². The molecule has 2 saturated heterocycles. The number of aliphatic hydroxyl groups is 4. The normalized spacial score (nSPS) is 30.6. The van der Waals surface area contributed by atoms with E-state index < -0.39 is 95.9 Å². The zero-order valence-corrected chi connectivity index (χ0v) is 36.1. The zero-order chi connectivity index (χ0) is 41.3. The molecule has 2 aliphatic heterocycles. The smallest absolute Gasteiger partial charge is 0.204 e. The molecule has 56 heavy (non-hydrogen) atoms. The van der Waals surface area contributed by atoms with Crippen LogP contribution in [0.15, 0.2) is 22.1 Å². The van der Waals surface area contributed by atoms with Crippen LogP contribution in [0.25, 0.3) is 22.3 Å². The molecule has 0 spiro atoms.